The first-order valence-electron chi connectivity index (χ1n) is 5.70. The summed E-state index contributed by atoms with van der Waals surface area (Å²) in [6.45, 7) is 3.50. The quantitative estimate of drug-likeness (QED) is 0.891. The van der Waals surface area contributed by atoms with Crippen molar-refractivity contribution in [2.45, 2.75) is 25.8 Å². The number of likely N-dealkylation sites (N-methyl/N-ethyl adjacent to an activating group) is 1. The molecule has 0 saturated carbocycles. The normalized spacial score (nSPS) is 11.4. The van der Waals surface area contributed by atoms with Gasteiger partial charge in [-0.3, -0.25) is 4.79 Å². The molecule has 0 aliphatic rings. The Morgan fingerprint density at radius 1 is 1.39 bits per heavy atom. The van der Waals surface area contributed by atoms with E-state index >= 15 is 0 Å². The Morgan fingerprint density at radius 2 is 2.00 bits per heavy atom. The van der Waals surface area contributed by atoms with Crippen LogP contribution in [0.3, 0.4) is 0 Å². The molecule has 0 fully saturated rings. The lowest BCUT2D eigenvalue weighted by Crippen LogP contribution is -2.50. The maximum absolute atomic E-state index is 13.4. The molecule has 1 amide bonds. The van der Waals surface area contributed by atoms with Crippen LogP contribution in [0, 0.1) is 11.6 Å². The molecule has 18 heavy (non-hydrogen) atoms. The molecule has 0 bridgehead atoms. The van der Waals surface area contributed by atoms with Gasteiger partial charge in [-0.2, -0.15) is 0 Å². The number of nitrogens with zero attached hydrogens (tertiary/aromatic N) is 1. The molecule has 1 rings (SSSR count). The van der Waals surface area contributed by atoms with E-state index in [-0.39, 0.29) is 17.9 Å². The average molecular weight is 256 g/mol. The zero-order valence-electron chi connectivity index (χ0n) is 10.8. The van der Waals surface area contributed by atoms with Gasteiger partial charge in [-0.05, 0) is 44.0 Å². The van der Waals surface area contributed by atoms with E-state index in [9.17, 15) is 13.6 Å². The Labute approximate surface area is 106 Å². The van der Waals surface area contributed by atoms with Crippen molar-refractivity contribution >= 4 is 5.91 Å². The van der Waals surface area contributed by atoms with Gasteiger partial charge in [0.05, 0.1) is 5.54 Å². The number of rotatable bonds is 4. The van der Waals surface area contributed by atoms with Crippen molar-refractivity contribution in [3.05, 3.63) is 35.4 Å². The molecule has 100 valence electrons. The minimum absolute atomic E-state index is 0.237. The van der Waals surface area contributed by atoms with E-state index in [1.807, 2.05) is 0 Å². The highest BCUT2D eigenvalue weighted by Crippen LogP contribution is 2.11. The van der Waals surface area contributed by atoms with Gasteiger partial charge >= 0.3 is 0 Å². The number of amides is 1. The number of carbonyl (C=O) groups excluding carboxylic acids is 1. The first-order valence-corrected chi connectivity index (χ1v) is 5.70. The van der Waals surface area contributed by atoms with Gasteiger partial charge < -0.3 is 10.6 Å². The van der Waals surface area contributed by atoms with Crippen molar-refractivity contribution in [3.8, 4) is 0 Å². The molecular weight excluding hydrogens is 238 g/mol. The van der Waals surface area contributed by atoms with Crippen LogP contribution >= 0.6 is 0 Å². The van der Waals surface area contributed by atoms with Crippen molar-refractivity contribution in [1.82, 2.24) is 4.90 Å². The molecule has 2 N–H and O–H groups in total. The van der Waals surface area contributed by atoms with Crippen LogP contribution in [0.4, 0.5) is 8.78 Å². The molecule has 0 radical (unpaired) electrons. The SMILES string of the molecule is CN(CCc1cc(F)ccc1F)C(=O)C(C)(C)N. The summed E-state index contributed by atoms with van der Waals surface area (Å²) in [5, 5.41) is 0. The molecule has 0 aliphatic carbocycles. The molecule has 3 nitrogen and oxygen atoms in total. The summed E-state index contributed by atoms with van der Waals surface area (Å²) < 4.78 is 26.3. The predicted molar refractivity (Wildman–Crippen MR) is 66.0 cm³/mol. The standard InChI is InChI=1S/C13H18F2N2O/c1-13(2,16)12(18)17(3)7-6-9-8-10(14)4-5-11(9)15/h4-5,8H,6-7,16H2,1-3H3. The summed E-state index contributed by atoms with van der Waals surface area (Å²) in [6, 6.07) is 3.29. The number of halogens is 2. The zero-order chi connectivity index (χ0) is 13.9. The van der Waals surface area contributed by atoms with Crippen LogP contribution in [0.5, 0.6) is 0 Å². The molecular formula is C13H18F2N2O. The van der Waals surface area contributed by atoms with Crippen LogP contribution in [-0.2, 0) is 11.2 Å². The van der Waals surface area contributed by atoms with Gasteiger partial charge in [0.25, 0.3) is 0 Å². The summed E-state index contributed by atoms with van der Waals surface area (Å²) >= 11 is 0. The number of carbonyl (C=O) groups is 1. The summed E-state index contributed by atoms with van der Waals surface area (Å²) in [7, 11) is 1.59. The Hall–Kier alpha value is -1.49. The molecule has 0 aromatic heterocycles. The third-order valence-electron chi connectivity index (χ3n) is 2.62. The van der Waals surface area contributed by atoms with E-state index in [2.05, 4.69) is 0 Å². The van der Waals surface area contributed by atoms with E-state index < -0.39 is 17.2 Å². The Morgan fingerprint density at radius 3 is 2.56 bits per heavy atom. The summed E-state index contributed by atoms with van der Waals surface area (Å²) in [6.07, 6.45) is 0.252. The fraction of sp³-hybridized carbons (Fsp3) is 0.462. The third-order valence-corrected chi connectivity index (χ3v) is 2.62. The van der Waals surface area contributed by atoms with Crippen molar-refractivity contribution in [1.29, 1.82) is 0 Å². The van der Waals surface area contributed by atoms with Gasteiger partial charge in [-0.25, -0.2) is 8.78 Å². The maximum atomic E-state index is 13.4. The second-order valence-corrected chi connectivity index (χ2v) is 4.93. The van der Waals surface area contributed by atoms with Crippen LogP contribution in [0.25, 0.3) is 0 Å². The second kappa shape index (κ2) is 5.44. The second-order valence-electron chi connectivity index (χ2n) is 4.93. The zero-order valence-corrected chi connectivity index (χ0v) is 10.8. The molecule has 0 aliphatic heterocycles. The number of benzene rings is 1. The number of hydrogen-bond donors (Lipinski definition) is 1. The van der Waals surface area contributed by atoms with E-state index in [4.69, 9.17) is 5.73 Å². The van der Waals surface area contributed by atoms with Gasteiger partial charge in [-0.15, -0.1) is 0 Å². The predicted octanol–water partition coefficient (Wildman–Crippen LogP) is 1.70. The molecule has 5 heteroatoms. The number of hydrogen-bond acceptors (Lipinski definition) is 2. The molecule has 0 saturated heterocycles. The highest BCUT2D eigenvalue weighted by atomic mass is 19.1. The summed E-state index contributed by atoms with van der Waals surface area (Å²) in [5.74, 6) is -1.19. The van der Waals surface area contributed by atoms with E-state index in [0.717, 1.165) is 18.2 Å². The largest absolute Gasteiger partial charge is 0.344 e. The number of nitrogens with two attached hydrogens (primary N) is 1. The molecule has 0 atom stereocenters. The Balaban J connectivity index is 2.65. The molecule has 1 aromatic rings. The molecule has 0 heterocycles. The highest BCUT2D eigenvalue weighted by Gasteiger charge is 2.25. The van der Waals surface area contributed by atoms with Crippen molar-refractivity contribution < 1.29 is 13.6 Å². The first kappa shape index (κ1) is 14.6. The van der Waals surface area contributed by atoms with Crippen LogP contribution in [-0.4, -0.2) is 29.9 Å². The van der Waals surface area contributed by atoms with Gasteiger partial charge in [0.1, 0.15) is 11.6 Å². The van der Waals surface area contributed by atoms with Gasteiger partial charge in [-0.1, -0.05) is 0 Å². The lowest BCUT2D eigenvalue weighted by molar-refractivity contribution is -0.134. The first-order chi connectivity index (χ1) is 8.21. The van der Waals surface area contributed by atoms with Gasteiger partial charge in [0.15, 0.2) is 0 Å². The summed E-state index contributed by atoms with van der Waals surface area (Å²) in [4.78, 5) is 13.2. The van der Waals surface area contributed by atoms with Crippen molar-refractivity contribution in [2.24, 2.45) is 5.73 Å². The minimum atomic E-state index is -0.963. The lowest BCUT2D eigenvalue weighted by atomic mass is 10.1. The maximum Gasteiger partial charge on any atom is 0.241 e. The molecule has 1 aromatic carbocycles. The van der Waals surface area contributed by atoms with Crippen LogP contribution in [0.15, 0.2) is 18.2 Å². The molecule has 0 unspecified atom stereocenters. The van der Waals surface area contributed by atoms with E-state index in [1.54, 1.807) is 20.9 Å². The van der Waals surface area contributed by atoms with Crippen LogP contribution in [0.1, 0.15) is 19.4 Å². The Bertz CT molecular complexity index is 441. The topological polar surface area (TPSA) is 46.3 Å². The fourth-order valence-corrected chi connectivity index (χ4v) is 1.62. The molecule has 0 spiro atoms. The van der Waals surface area contributed by atoms with Crippen LogP contribution < -0.4 is 5.73 Å². The fourth-order valence-electron chi connectivity index (χ4n) is 1.62. The van der Waals surface area contributed by atoms with Gasteiger partial charge in [0.2, 0.25) is 5.91 Å². The Kier molecular flexibility index (Phi) is 4.40. The van der Waals surface area contributed by atoms with Crippen molar-refractivity contribution in [2.75, 3.05) is 13.6 Å². The van der Waals surface area contributed by atoms with E-state index in [0.29, 0.717) is 6.54 Å². The van der Waals surface area contributed by atoms with Crippen LogP contribution in [0.2, 0.25) is 0 Å². The average Bonchev–Trinajstić information content (AvgIpc) is 2.27. The third kappa shape index (κ3) is 3.77. The lowest BCUT2D eigenvalue weighted by Gasteiger charge is -2.25. The summed E-state index contributed by atoms with van der Waals surface area (Å²) in [5.41, 5.74) is 4.97. The smallest absolute Gasteiger partial charge is 0.241 e. The highest BCUT2D eigenvalue weighted by molar-refractivity contribution is 5.84. The van der Waals surface area contributed by atoms with E-state index in [1.165, 1.54) is 4.90 Å². The monoisotopic (exact) mass is 256 g/mol. The van der Waals surface area contributed by atoms with Crippen molar-refractivity contribution in [3.63, 3.8) is 0 Å². The minimum Gasteiger partial charge on any atom is -0.344 e. The van der Waals surface area contributed by atoms with Gasteiger partial charge in [0, 0.05) is 13.6 Å².